The van der Waals surface area contributed by atoms with E-state index in [2.05, 4.69) is 20.6 Å². The van der Waals surface area contributed by atoms with Crippen molar-refractivity contribution in [3.63, 3.8) is 0 Å². The number of carbonyl (C=O) groups is 2. The fourth-order valence-corrected chi connectivity index (χ4v) is 5.04. The number of unbranched alkanes of at least 4 members (excludes halogenated alkanes) is 2. The predicted octanol–water partition coefficient (Wildman–Crippen LogP) is 4.51. The van der Waals surface area contributed by atoms with Crippen molar-refractivity contribution < 1.29 is 23.8 Å². The quantitative estimate of drug-likeness (QED) is 0.169. The molecule has 1 fully saturated rings. The van der Waals surface area contributed by atoms with Crippen LogP contribution in [0.25, 0.3) is 22.2 Å². The van der Waals surface area contributed by atoms with Crippen LogP contribution >= 0.6 is 0 Å². The zero-order valence-electron chi connectivity index (χ0n) is 23.3. The summed E-state index contributed by atoms with van der Waals surface area (Å²) >= 11 is 0. The van der Waals surface area contributed by atoms with Gasteiger partial charge in [-0.3, -0.25) is 20.0 Å². The van der Waals surface area contributed by atoms with Gasteiger partial charge in [0.15, 0.2) is 5.76 Å². The molecule has 214 valence electrons. The molecule has 1 atom stereocenters. The largest absolute Gasteiger partial charge is 0.496 e. The van der Waals surface area contributed by atoms with Gasteiger partial charge in [-0.15, -0.1) is 0 Å². The van der Waals surface area contributed by atoms with E-state index < -0.39 is 17.6 Å². The van der Waals surface area contributed by atoms with Crippen LogP contribution in [0.1, 0.15) is 76.6 Å². The van der Waals surface area contributed by atoms with E-state index in [1.807, 2.05) is 31.2 Å². The molecular weight excluding hydrogens is 510 g/mol. The summed E-state index contributed by atoms with van der Waals surface area (Å²) in [5.41, 5.74) is 0.283. The number of nitrogens with zero attached hydrogens (tertiary/aromatic N) is 2. The zero-order chi connectivity index (χ0) is 28.5. The van der Waals surface area contributed by atoms with Gasteiger partial charge in [-0.2, -0.15) is 0 Å². The standard InChI is InChI=1S/C30H39N5O5/c1-3-21(36)9-5-4-6-10-24(35-28(37)23(31)18-30(38)11-14-32-15-12-30)29-34-19-27(40-29)22-16-20-8-7-13-33-25(20)17-26(22)39-2/h7-8,13,16-17,19,24,31-32,38H,3-6,9-12,14-15,18H2,1-2H3,(H,35,37)/t24-/m0/s1. The van der Waals surface area contributed by atoms with Crippen LogP contribution in [0.5, 0.6) is 5.75 Å². The number of Topliss-reactive ketones (excluding diaryl/α,β-unsaturated/α-hetero) is 1. The second-order valence-corrected chi connectivity index (χ2v) is 10.5. The number of ketones is 1. The first-order chi connectivity index (χ1) is 19.3. The number of aromatic nitrogens is 2. The van der Waals surface area contributed by atoms with Crippen LogP contribution in [0.15, 0.2) is 41.1 Å². The number of benzene rings is 1. The van der Waals surface area contributed by atoms with Crippen LogP contribution in [0.4, 0.5) is 0 Å². The van der Waals surface area contributed by atoms with Crippen LogP contribution in [-0.2, 0) is 9.59 Å². The molecule has 40 heavy (non-hydrogen) atoms. The second-order valence-electron chi connectivity index (χ2n) is 10.5. The molecule has 1 aromatic carbocycles. The molecule has 1 amide bonds. The van der Waals surface area contributed by atoms with Crippen LogP contribution in [0.3, 0.4) is 0 Å². The maximum atomic E-state index is 13.1. The van der Waals surface area contributed by atoms with Crippen molar-refractivity contribution in [2.45, 2.75) is 76.4 Å². The predicted molar refractivity (Wildman–Crippen MR) is 152 cm³/mol. The van der Waals surface area contributed by atoms with Gasteiger partial charge in [0, 0.05) is 36.9 Å². The zero-order valence-corrected chi connectivity index (χ0v) is 23.3. The van der Waals surface area contributed by atoms with E-state index in [-0.39, 0.29) is 17.9 Å². The molecule has 10 nitrogen and oxygen atoms in total. The van der Waals surface area contributed by atoms with Crippen molar-refractivity contribution in [2.24, 2.45) is 0 Å². The first kappa shape index (κ1) is 29.4. The van der Waals surface area contributed by atoms with Crippen LogP contribution < -0.4 is 15.4 Å². The maximum absolute atomic E-state index is 13.1. The molecular formula is C30H39N5O5. The van der Waals surface area contributed by atoms with Gasteiger partial charge in [0.25, 0.3) is 5.91 Å². The third kappa shape index (κ3) is 7.51. The van der Waals surface area contributed by atoms with Gasteiger partial charge < -0.3 is 24.9 Å². The number of hydrogen-bond donors (Lipinski definition) is 4. The van der Waals surface area contributed by atoms with Gasteiger partial charge in [-0.1, -0.05) is 25.8 Å². The summed E-state index contributed by atoms with van der Waals surface area (Å²) in [5.74, 6) is 1.10. The summed E-state index contributed by atoms with van der Waals surface area (Å²) in [4.78, 5) is 33.6. The smallest absolute Gasteiger partial charge is 0.265 e. The number of methoxy groups -OCH3 is 1. The van der Waals surface area contributed by atoms with E-state index in [0.29, 0.717) is 68.2 Å². The lowest BCUT2D eigenvalue weighted by Crippen LogP contribution is -2.45. The number of fused-ring (bicyclic) bond motifs is 1. The van der Waals surface area contributed by atoms with E-state index in [9.17, 15) is 14.7 Å². The minimum Gasteiger partial charge on any atom is -0.496 e. The molecule has 4 rings (SSSR count). The molecule has 0 aliphatic carbocycles. The van der Waals surface area contributed by atoms with E-state index in [1.54, 1.807) is 19.5 Å². The average Bonchev–Trinajstić information content (AvgIpc) is 3.45. The van der Waals surface area contributed by atoms with Crippen molar-refractivity contribution >= 4 is 28.3 Å². The van der Waals surface area contributed by atoms with E-state index in [1.165, 1.54) is 0 Å². The average molecular weight is 550 g/mol. The lowest BCUT2D eigenvalue weighted by molar-refractivity contribution is -0.119. The third-order valence-corrected chi connectivity index (χ3v) is 7.47. The van der Waals surface area contributed by atoms with E-state index in [0.717, 1.165) is 30.2 Å². The van der Waals surface area contributed by atoms with Crippen LogP contribution in [-0.4, -0.2) is 58.3 Å². The molecule has 0 bridgehead atoms. The van der Waals surface area contributed by atoms with Gasteiger partial charge in [0.2, 0.25) is 5.89 Å². The number of amides is 1. The van der Waals surface area contributed by atoms with E-state index >= 15 is 0 Å². The van der Waals surface area contributed by atoms with Crippen molar-refractivity contribution in [2.75, 3.05) is 20.2 Å². The van der Waals surface area contributed by atoms with Crippen LogP contribution in [0, 0.1) is 5.41 Å². The molecule has 0 unspecified atom stereocenters. The lowest BCUT2D eigenvalue weighted by Gasteiger charge is -2.32. The molecule has 3 aromatic rings. The second kappa shape index (κ2) is 13.6. The number of aliphatic hydroxyl groups is 1. The Labute approximate surface area is 234 Å². The summed E-state index contributed by atoms with van der Waals surface area (Å²) in [7, 11) is 1.58. The Bertz CT molecular complexity index is 1330. The number of hydrogen-bond acceptors (Lipinski definition) is 9. The normalized spacial score (nSPS) is 15.5. The molecule has 1 aliphatic heterocycles. The maximum Gasteiger partial charge on any atom is 0.265 e. The minimum atomic E-state index is -1.06. The lowest BCUT2D eigenvalue weighted by atomic mass is 9.87. The van der Waals surface area contributed by atoms with E-state index in [4.69, 9.17) is 14.6 Å². The summed E-state index contributed by atoms with van der Waals surface area (Å²) in [5, 5.41) is 26.2. The Kier molecular flexibility index (Phi) is 10.0. The Morgan fingerprint density at radius 2 is 2.02 bits per heavy atom. The fraction of sp³-hybridized carbons (Fsp3) is 0.500. The number of pyridine rings is 1. The number of piperidine rings is 1. The number of carbonyl (C=O) groups excluding carboxylic acids is 2. The topological polar surface area (TPSA) is 150 Å². The minimum absolute atomic E-state index is 0.00841. The third-order valence-electron chi connectivity index (χ3n) is 7.47. The summed E-state index contributed by atoms with van der Waals surface area (Å²) in [6, 6.07) is 7.02. The fourth-order valence-electron chi connectivity index (χ4n) is 5.04. The highest BCUT2D eigenvalue weighted by Gasteiger charge is 2.33. The summed E-state index contributed by atoms with van der Waals surface area (Å²) < 4.78 is 11.8. The highest BCUT2D eigenvalue weighted by atomic mass is 16.5. The Morgan fingerprint density at radius 3 is 2.77 bits per heavy atom. The Balaban J connectivity index is 1.51. The SMILES string of the molecule is CCC(=O)CCCCC[C@H](NC(=O)C(=N)CC1(O)CCNCC1)c1ncc(-c2cc3cccnc3cc2OC)o1. The number of rotatable bonds is 14. The molecule has 1 aliphatic rings. The highest BCUT2D eigenvalue weighted by Crippen LogP contribution is 2.35. The number of nitrogens with one attached hydrogen (secondary N) is 3. The molecule has 0 spiro atoms. The van der Waals surface area contributed by atoms with Gasteiger partial charge in [0.1, 0.15) is 17.6 Å². The Morgan fingerprint density at radius 1 is 1.23 bits per heavy atom. The van der Waals surface area contributed by atoms with Crippen molar-refractivity contribution in [3.8, 4) is 17.1 Å². The van der Waals surface area contributed by atoms with Crippen molar-refractivity contribution in [1.29, 1.82) is 5.41 Å². The first-order valence-electron chi connectivity index (χ1n) is 14.0. The molecule has 10 heteroatoms. The molecule has 0 radical (unpaired) electrons. The first-order valence-corrected chi connectivity index (χ1v) is 14.0. The summed E-state index contributed by atoms with van der Waals surface area (Å²) in [6.07, 6.45) is 8.28. The molecule has 4 N–H and O–H groups in total. The number of oxazole rings is 1. The van der Waals surface area contributed by atoms with Crippen molar-refractivity contribution in [3.05, 3.63) is 42.5 Å². The van der Waals surface area contributed by atoms with Gasteiger partial charge in [0.05, 0.1) is 35.7 Å². The summed E-state index contributed by atoms with van der Waals surface area (Å²) in [6.45, 7) is 3.17. The molecule has 2 aromatic heterocycles. The van der Waals surface area contributed by atoms with Gasteiger partial charge >= 0.3 is 0 Å². The number of ether oxygens (including phenoxy) is 1. The molecule has 1 saturated heterocycles. The monoisotopic (exact) mass is 549 g/mol. The van der Waals surface area contributed by atoms with Gasteiger partial charge in [-0.05, 0) is 50.9 Å². The molecule has 0 saturated carbocycles. The van der Waals surface area contributed by atoms with Crippen molar-refractivity contribution in [1.82, 2.24) is 20.6 Å². The van der Waals surface area contributed by atoms with Crippen LogP contribution in [0.2, 0.25) is 0 Å². The van der Waals surface area contributed by atoms with Gasteiger partial charge in [-0.25, -0.2) is 4.98 Å². The Hall–Kier alpha value is -3.63. The molecule has 3 heterocycles. The highest BCUT2D eigenvalue weighted by molar-refractivity contribution is 6.37.